The van der Waals surface area contributed by atoms with E-state index < -0.39 is 0 Å². The highest BCUT2D eigenvalue weighted by Gasteiger charge is 2.27. The molecule has 2 heteroatoms. The molecule has 2 aliphatic rings. The van der Waals surface area contributed by atoms with E-state index in [0.29, 0.717) is 19.0 Å². The summed E-state index contributed by atoms with van der Waals surface area (Å²) in [5.41, 5.74) is 0. The van der Waals surface area contributed by atoms with Crippen molar-refractivity contribution in [2.24, 2.45) is 11.8 Å². The molecule has 2 rings (SSSR count). The van der Waals surface area contributed by atoms with Crippen molar-refractivity contribution < 1.29 is 9.47 Å². The Kier molecular flexibility index (Phi) is 6.66. The summed E-state index contributed by atoms with van der Waals surface area (Å²) < 4.78 is 12.1. The fraction of sp³-hybridized carbons (Fsp3) is 1.00. The van der Waals surface area contributed by atoms with E-state index in [4.69, 9.17) is 9.47 Å². The molecule has 0 aromatic carbocycles. The van der Waals surface area contributed by atoms with Crippen LogP contribution < -0.4 is 0 Å². The summed E-state index contributed by atoms with van der Waals surface area (Å²) in [4.78, 5) is 0. The van der Waals surface area contributed by atoms with Gasteiger partial charge in [0.2, 0.25) is 0 Å². The molecular formula is C17H32O2. The molecule has 2 fully saturated rings. The lowest BCUT2D eigenvalue weighted by Crippen LogP contribution is -2.32. The van der Waals surface area contributed by atoms with Crippen molar-refractivity contribution in [3.8, 4) is 0 Å². The first-order valence-electron chi connectivity index (χ1n) is 8.58. The summed E-state index contributed by atoms with van der Waals surface area (Å²) in [6, 6.07) is 0. The molecule has 112 valence electrons. The minimum absolute atomic E-state index is 0.461. The van der Waals surface area contributed by atoms with Crippen molar-refractivity contribution in [3.63, 3.8) is 0 Å². The number of hydrogen-bond acceptors (Lipinski definition) is 2. The van der Waals surface area contributed by atoms with Crippen LogP contribution in [0.3, 0.4) is 0 Å². The van der Waals surface area contributed by atoms with Crippen LogP contribution in [0.15, 0.2) is 0 Å². The van der Waals surface area contributed by atoms with Crippen LogP contribution in [-0.4, -0.2) is 19.0 Å². The molecule has 2 nitrogen and oxygen atoms in total. The summed E-state index contributed by atoms with van der Waals surface area (Å²) in [6.45, 7) is 5.12. The zero-order valence-electron chi connectivity index (χ0n) is 12.9. The summed E-state index contributed by atoms with van der Waals surface area (Å²) in [5, 5.41) is 0. The first-order chi connectivity index (χ1) is 9.35. The van der Waals surface area contributed by atoms with Crippen molar-refractivity contribution >= 4 is 0 Å². The third kappa shape index (κ3) is 4.46. The van der Waals surface area contributed by atoms with E-state index in [-0.39, 0.29) is 0 Å². The standard InChI is InChI=1S/C17H32O2/c1-3-14-9-5-7-11-16(14)18-13-19-17-12-8-6-10-15(17)4-2/h14-17H,3-13H2,1-2H3. The predicted octanol–water partition coefficient (Wildman–Crippen LogP) is 4.91. The van der Waals surface area contributed by atoms with Gasteiger partial charge in [-0.25, -0.2) is 0 Å². The van der Waals surface area contributed by atoms with Crippen LogP contribution in [0.4, 0.5) is 0 Å². The second kappa shape index (κ2) is 8.26. The monoisotopic (exact) mass is 268 g/mol. The molecule has 19 heavy (non-hydrogen) atoms. The lowest BCUT2D eigenvalue weighted by atomic mass is 9.84. The molecule has 2 aliphatic carbocycles. The van der Waals surface area contributed by atoms with Gasteiger partial charge in [-0.2, -0.15) is 0 Å². The molecule has 0 bridgehead atoms. The molecule has 2 saturated carbocycles. The van der Waals surface area contributed by atoms with Crippen LogP contribution in [0.1, 0.15) is 78.1 Å². The maximum atomic E-state index is 6.06. The largest absolute Gasteiger partial charge is 0.352 e. The second-order valence-electron chi connectivity index (χ2n) is 6.43. The Morgan fingerprint density at radius 2 is 1.11 bits per heavy atom. The van der Waals surface area contributed by atoms with E-state index in [1.165, 1.54) is 64.2 Å². The van der Waals surface area contributed by atoms with Crippen molar-refractivity contribution in [1.29, 1.82) is 0 Å². The number of hydrogen-bond donors (Lipinski definition) is 0. The van der Waals surface area contributed by atoms with Gasteiger partial charge in [-0.05, 0) is 37.5 Å². The Bertz CT molecular complexity index is 217. The molecule has 0 N–H and O–H groups in total. The van der Waals surface area contributed by atoms with Crippen molar-refractivity contribution in [1.82, 2.24) is 0 Å². The third-order valence-corrected chi connectivity index (χ3v) is 5.29. The van der Waals surface area contributed by atoms with Gasteiger partial charge in [-0.3, -0.25) is 0 Å². The Hall–Kier alpha value is -0.0800. The zero-order chi connectivity index (χ0) is 13.5. The molecule has 0 aliphatic heterocycles. The van der Waals surface area contributed by atoms with Crippen LogP contribution >= 0.6 is 0 Å². The smallest absolute Gasteiger partial charge is 0.147 e. The molecule has 0 radical (unpaired) electrons. The molecule has 4 unspecified atom stereocenters. The van der Waals surface area contributed by atoms with Gasteiger partial charge >= 0.3 is 0 Å². The van der Waals surface area contributed by atoms with Crippen LogP contribution in [0, 0.1) is 11.8 Å². The SMILES string of the molecule is CCC1CCCCC1OCOC1CCCCC1CC. The van der Waals surface area contributed by atoms with Crippen molar-refractivity contribution in [2.75, 3.05) is 6.79 Å². The highest BCUT2D eigenvalue weighted by Crippen LogP contribution is 2.31. The van der Waals surface area contributed by atoms with E-state index in [1.807, 2.05) is 0 Å². The zero-order valence-corrected chi connectivity index (χ0v) is 12.9. The van der Waals surface area contributed by atoms with Gasteiger partial charge in [0.1, 0.15) is 6.79 Å². The fourth-order valence-corrected chi connectivity index (χ4v) is 3.93. The quantitative estimate of drug-likeness (QED) is 0.637. The van der Waals surface area contributed by atoms with Crippen LogP contribution in [0.5, 0.6) is 0 Å². The van der Waals surface area contributed by atoms with Gasteiger partial charge in [0.15, 0.2) is 0 Å². The van der Waals surface area contributed by atoms with Gasteiger partial charge in [0, 0.05) is 0 Å². The highest BCUT2D eigenvalue weighted by molar-refractivity contribution is 4.76. The molecule has 0 spiro atoms. The summed E-state index contributed by atoms with van der Waals surface area (Å²) in [7, 11) is 0. The van der Waals surface area contributed by atoms with Crippen molar-refractivity contribution in [2.45, 2.75) is 90.3 Å². The summed E-state index contributed by atoms with van der Waals surface area (Å²) in [5.74, 6) is 1.54. The van der Waals surface area contributed by atoms with E-state index >= 15 is 0 Å². The lowest BCUT2D eigenvalue weighted by Gasteiger charge is -2.33. The highest BCUT2D eigenvalue weighted by atomic mass is 16.7. The van der Waals surface area contributed by atoms with Gasteiger partial charge in [0.25, 0.3) is 0 Å². The van der Waals surface area contributed by atoms with Crippen molar-refractivity contribution in [3.05, 3.63) is 0 Å². The minimum atomic E-state index is 0.461. The number of rotatable bonds is 6. The Morgan fingerprint density at radius 3 is 1.53 bits per heavy atom. The van der Waals surface area contributed by atoms with E-state index in [9.17, 15) is 0 Å². The summed E-state index contributed by atoms with van der Waals surface area (Å²) >= 11 is 0. The normalized spacial score (nSPS) is 36.3. The molecule has 0 heterocycles. The topological polar surface area (TPSA) is 18.5 Å². The van der Waals surface area contributed by atoms with E-state index in [0.717, 1.165) is 11.8 Å². The molecule has 0 amide bonds. The van der Waals surface area contributed by atoms with Crippen LogP contribution in [0.2, 0.25) is 0 Å². The third-order valence-electron chi connectivity index (χ3n) is 5.29. The lowest BCUT2D eigenvalue weighted by molar-refractivity contribution is -0.155. The van der Waals surface area contributed by atoms with E-state index in [2.05, 4.69) is 13.8 Å². The fourth-order valence-electron chi connectivity index (χ4n) is 3.93. The maximum Gasteiger partial charge on any atom is 0.147 e. The van der Waals surface area contributed by atoms with E-state index in [1.54, 1.807) is 0 Å². The van der Waals surface area contributed by atoms with Crippen LogP contribution in [0.25, 0.3) is 0 Å². The summed E-state index contributed by atoms with van der Waals surface area (Å²) in [6.07, 6.45) is 14.1. The molecule has 0 aromatic rings. The number of ether oxygens (including phenoxy) is 2. The Balaban J connectivity index is 1.69. The Labute approximate surface area is 119 Å². The molecule has 4 atom stereocenters. The first-order valence-corrected chi connectivity index (χ1v) is 8.58. The van der Waals surface area contributed by atoms with Gasteiger partial charge in [-0.1, -0.05) is 52.4 Å². The minimum Gasteiger partial charge on any atom is -0.352 e. The predicted molar refractivity (Wildman–Crippen MR) is 79.1 cm³/mol. The van der Waals surface area contributed by atoms with Crippen LogP contribution in [-0.2, 0) is 9.47 Å². The molecule has 0 aromatic heterocycles. The maximum absolute atomic E-state index is 6.06. The van der Waals surface area contributed by atoms with Gasteiger partial charge in [-0.15, -0.1) is 0 Å². The average molecular weight is 268 g/mol. The average Bonchev–Trinajstić information content (AvgIpc) is 2.48. The molecular weight excluding hydrogens is 236 g/mol. The molecule has 0 saturated heterocycles. The Morgan fingerprint density at radius 1 is 0.684 bits per heavy atom. The van der Waals surface area contributed by atoms with Gasteiger partial charge < -0.3 is 9.47 Å². The first kappa shape index (κ1) is 15.3. The van der Waals surface area contributed by atoms with Gasteiger partial charge in [0.05, 0.1) is 12.2 Å². The second-order valence-corrected chi connectivity index (χ2v) is 6.43.